The van der Waals surface area contributed by atoms with Gasteiger partial charge in [0.1, 0.15) is 6.61 Å². The van der Waals surface area contributed by atoms with Crippen molar-refractivity contribution in [1.82, 2.24) is 0 Å². The van der Waals surface area contributed by atoms with Crippen molar-refractivity contribution in [2.24, 2.45) is 0 Å². The molecule has 0 N–H and O–H groups in total. The molecule has 1 heterocycles. The van der Waals surface area contributed by atoms with E-state index in [0.29, 0.717) is 13.2 Å². The summed E-state index contributed by atoms with van der Waals surface area (Å²) in [4.78, 5) is 14.4. The van der Waals surface area contributed by atoms with Crippen LogP contribution in [-0.2, 0) is 20.7 Å². The smallest absolute Gasteiger partial charge is 0.253 e. The molecule has 1 amide bonds. The Morgan fingerprint density at radius 1 is 1.35 bits per heavy atom. The zero-order valence-electron chi connectivity index (χ0n) is 12.3. The van der Waals surface area contributed by atoms with E-state index in [1.54, 1.807) is 7.11 Å². The van der Waals surface area contributed by atoms with E-state index >= 15 is 0 Å². The van der Waals surface area contributed by atoms with Gasteiger partial charge in [-0.3, -0.25) is 4.79 Å². The lowest BCUT2D eigenvalue weighted by atomic mass is 9.94. The fourth-order valence-corrected chi connectivity index (χ4v) is 2.70. The predicted octanol–water partition coefficient (Wildman–Crippen LogP) is 2.41. The van der Waals surface area contributed by atoms with E-state index in [9.17, 15) is 4.79 Å². The molecule has 1 aromatic rings. The van der Waals surface area contributed by atoms with Crippen LogP contribution >= 0.6 is 0 Å². The molecule has 1 aliphatic heterocycles. The SMILES string of the molecule is CC[C@@H]1CCc2ccccc2N1C(=O)COCCOC. The van der Waals surface area contributed by atoms with Crippen molar-refractivity contribution in [2.75, 3.05) is 31.8 Å². The van der Waals surface area contributed by atoms with Gasteiger partial charge >= 0.3 is 0 Å². The third-order valence-corrected chi connectivity index (χ3v) is 3.76. The topological polar surface area (TPSA) is 38.8 Å². The van der Waals surface area contributed by atoms with Crippen molar-refractivity contribution >= 4 is 11.6 Å². The maximum Gasteiger partial charge on any atom is 0.253 e. The van der Waals surface area contributed by atoms with Crippen LogP contribution in [0.5, 0.6) is 0 Å². The summed E-state index contributed by atoms with van der Waals surface area (Å²) in [6.45, 7) is 3.22. The molecule has 2 rings (SSSR count). The van der Waals surface area contributed by atoms with E-state index in [1.807, 2.05) is 23.1 Å². The molecule has 110 valence electrons. The number of carbonyl (C=O) groups excluding carboxylic acids is 1. The van der Waals surface area contributed by atoms with Gasteiger partial charge in [-0.1, -0.05) is 25.1 Å². The second-order valence-corrected chi connectivity index (χ2v) is 5.04. The lowest BCUT2D eigenvalue weighted by Crippen LogP contribution is -2.45. The normalized spacial score (nSPS) is 17.9. The molecule has 0 aromatic heterocycles. The van der Waals surface area contributed by atoms with E-state index in [1.165, 1.54) is 5.56 Å². The molecule has 0 fully saturated rings. The van der Waals surface area contributed by atoms with Crippen molar-refractivity contribution in [3.8, 4) is 0 Å². The van der Waals surface area contributed by atoms with E-state index in [0.717, 1.165) is 24.9 Å². The number of nitrogens with zero attached hydrogens (tertiary/aromatic N) is 1. The molecule has 0 unspecified atom stereocenters. The molecule has 1 atom stereocenters. The maximum absolute atomic E-state index is 12.5. The van der Waals surface area contributed by atoms with E-state index in [4.69, 9.17) is 9.47 Å². The predicted molar refractivity (Wildman–Crippen MR) is 79.0 cm³/mol. The van der Waals surface area contributed by atoms with Crippen molar-refractivity contribution in [3.05, 3.63) is 29.8 Å². The first-order valence-electron chi connectivity index (χ1n) is 7.24. The molecule has 4 nitrogen and oxygen atoms in total. The summed E-state index contributed by atoms with van der Waals surface area (Å²) < 4.78 is 10.3. The highest BCUT2D eigenvalue weighted by molar-refractivity contribution is 5.96. The van der Waals surface area contributed by atoms with Crippen LogP contribution in [0.25, 0.3) is 0 Å². The summed E-state index contributed by atoms with van der Waals surface area (Å²) in [7, 11) is 1.62. The largest absolute Gasteiger partial charge is 0.382 e. The van der Waals surface area contributed by atoms with E-state index in [2.05, 4.69) is 13.0 Å². The summed E-state index contributed by atoms with van der Waals surface area (Å²) in [5.74, 6) is 0.0418. The zero-order valence-corrected chi connectivity index (χ0v) is 12.3. The van der Waals surface area contributed by atoms with E-state index < -0.39 is 0 Å². The van der Waals surface area contributed by atoms with Crippen LogP contribution in [0.4, 0.5) is 5.69 Å². The molecule has 20 heavy (non-hydrogen) atoms. The minimum atomic E-state index is 0.0418. The maximum atomic E-state index is 12.5. The third kappa shape index (κ3) is 3.38. The monoisotopic (exact) mass is 277 g/mol. The number of amides is 1. The first-order chi connectivity index (χ1) is 9.77. The number of fused-ring (bicyclic) bond motifs is 1. The van der Waals surface area contributed by atoms with Crippen molar-refractivity contribution < 1.29 is 14.3 Å². The van der Waals surface area contributed by atoms with Crippen molar-refractivity contribution in [2.45, 2.75) is 32.2 Å². The molecule has 1 aliphatic rings. The number of anilines is 1. The van der Waals surface area contributed by atoms with Gasteiger partial charge in [0.15, 0.2) is 0 Å². The van der Waals surface area contributed by atoms with E-state index in [-0.39, 0.29) is 18.6 Å². The molecule has 0 saturated carbocycles. The lowest BCUT2D eigenvalue weighted by Gasteiger charge is -2.36. The first-order valence-corrected chi connectivity index (χ1v) is 7.24. The molecule has 4 heteroatoms. The Balaban J connectivity index is 2.08. The number of ether oxygens (including phenoxy) is 2. The summed E-state index contributed by atoms with van der Waals surface area (Å²) in [6.07, 6.45) is 3.04. The number of hydrogen-bond acceptors (Lipinski definition) is 3. The van der Waals surface area contributed by atoms with Gasteiger partial charge in [-0.15, -0.1) is 0 Å². The second-order valence-electron chi connectivity index (χ2n) is 5.04. The molecule has 1 aromatic carbocycles. The second kappa shape index (κ2) is 7.41. The van der Waals surface area contributed by atoms with Gasteiger partial charge in [-0.2, -0.15) is 0 Å². The van der Waals surface area contributed by atoms with Gasteiger partial charge in [0, 0.05) is 18.8 Å². The third-order valence-electron chi connectivity index (χ3n) is 3.76. The summed E-state index contributed by atoms with van der Waals surface area (Å²) in [5.41, 5.74) is 2.30. The van der Waals surface area contributed by atoms with Crippen LogP contribution in [0.15, 0.2) is 24.3 Å². The molecule has 0 saturated heterocycles. The molecule has 0 spiro atoms. The number of hydrogen-bond donors (Lipinski definition) is 0. The minimum absolute atomic E-state index is 0.0418. The van der Waals surface area contributed by atoms with Crippen LogP contribution in [0.1, 0.15) is 25.3 Å². The molecular formula is C16H23NO3. The molecular weight excluding hydrogens is 254 g/mol. The van der Waals surface area contributed by atoms with Gasteiger partial charge in [0.25, 0.3) is 5.91 Å². The quantitative estimate of drug-likeness (QED) is 0.750. The summed E-state index contributed by atoms with van der Waals surface area (Å²) in [5, 5.41) is 0. The highest BCUT2D eigenvalue weighted by Crippen LogP contribution is 2.31. The number of carbonyl (C=O) groups is 1. The van der Waals surface area contributed by atoms with Gasteiger partial charge < -0.3 is 14.4 Å². The van der Waals surface area contributed by atoms with Gasteiger partial charge in [0.05, 0.1) is 13.2 Å². The first kappa shape index (κ1) is 15.0. The fraction of sp³-hybridized carbons (Fsp3) is 0.562. The van der Waals surface area contributed by atoms with Gasteiger partial charge in [-0.05, 0) is 30.9 Å². The molecule has 0 aliphatic carbocycles. The Labute approximate surface area is 120 Å². The van der Waals surface area contributed by atoms with Crippen molar-refractivity contribution in [3.63, 3.8) is 0 Å². The minimum Gasteiger partial charge on any atom is -0.382 e. The fourth-order valence-electron chi connectivity index (χ4n) is 2.70. The Morgan fingerprint density at radius 2 is 2.15 bits per heavy atom. The number of methoxy groups -OCH3 is 1. The van der Waals surface area contributed by atoms with Crippen LogP contribution in [0, 0.1) is 0 Å². The molecule has 0 radical (unpaired) electrons. The molecule has 0 bridgehead atoms. The highest BCUT2D eigenvalue weighted by Gasteiger charge is 2.29. The van der Waals surface area contributed by atoms with Gasteiger partial charge in [0.2, 0.25) is 0 Å². The highest BCUT2D eigenvalue weighted by atomic mass is 16.5. The number of rotatable bonds is 6. The Bertz CT molecular complexity index is 447. The average Bonchev–Trinajstić information content (AvgIpc) is 2.50. The summed E-state index contributed by atoms with van der Waals surface area (Å²) in [6, 6.07) is 8.44. The number of para-hydroxylation sites is 1. The van der Waals surface area contributed by atoms with Gasteiger partial charge in [-0.25, -0.2) is 0 Å². The van der Waals surface area contributed by atoms with Crippen LogP contribution < -0.4 is 4.90 Å². The van der Waals surface area contributed by atoms with Crippen molar-refractivity contribution in [1.29, 1.82) is 0 Å². The Morgan fingerprint density at radius 3 is 2.90 bits per heavy atom. The standard InChI is InChI=1S/C16H23NO3/c1-3-14-9-8-13-6-4-5-7-15(13)17(14)16(18)12-20-11-10-19-2/h4-7,14H,3,8-12H2,1-2H3/t14-/m1/s1. The van der Waals surface area contributed by atoms with Crippen LogP contribution in [0.2, 0.25) is 0 Å². The summed E-state index contributed by atoms with van der Waals surface area (Å²) >= 11 is 0. The Hall–Kier alpha value is -1.39. The van der Waals surface area contributed by atoms with Crippen LogP contribution in [-0.4, -0.2) is 38.9 Å². The lowest BCUT2D eigenvalue weighted by molar-refractivity contribution is -0.124. The number of aryl methyl sites for hydroxylation is 1. The number of benzene rings is 1. The average molecular weight is 277 g/mol. The Kier molecular flexibility index (Phi) is 5.56. The van der Waals surface area contributed by atoms with Crippen LogP contribution in [0.3, 0.4) is 0 Å². The zero-order chi connectivity index (χ0) is 14.4.